The SMILES string of the molecule is COc1ccc(C)cc1S(=O)(=O)N1CCSCC1C(=O)O. The van der Waals surface area contributed by atoms with Crippen molar-refractivity contribution in [1.82, 2.24) is 4.31 Å². The molecule has 21 heavy (non-hydrogen) atoms. The quantitative estimate of drug-likeness (QED) is 0.892. The molecule has 1 atom stereocenters. The summed E-state index contributed by atoms with van der Waals surface area (Å²) in [7, 11) is -2.51. The lowest BCUT2D eigenvalue weighted by Gasteiger charge is -2.31. The van der Waals surface area contributed by atoms with Crippen molar-refractivity contribution in [2.24, 2.45) is 0 Å². The summed E-state index contributed by atoms with van der Waals surface area (Å²) in [5, 5.41) is 9.25. The predicted molar refractivity (Wildman–Crippen MR) is 80.4 cm³/mol. The zero-order valence-electron chi connectivity index (χ0n) is 11.8. The molecule has 1 fully saturated rings. The molecular formula is C13H17NO5S2. The van der Waals surface area contributed by atoms with Crippen LogP contribution in [-0.2, 0) is 14.8 Å². The molecule has 0 aliphatic carbocycles. The van der Waals surface area contributed by atoms with Gasteiger partial charge < -0.3 is 9.84 Å². The van der Waals surface area contributed by atoms with Crippen LogP contribution >= 0.6 is 11.8 Å². The number of carboxylic acids is 1. The summed E-state index contributed by atoms with van der Waals surface area (Å²) in [4.78, 5) is 11.3. The van der Waals surface area contributed by atoms with Crippen molar-refractivity contribution in [3.05, 3.63) is 23.8 Å². The van der Waals surface area contributed by atoms with Gasteiger partial charge in [-0.1, -0.05) is 6.07 Å². The smallest absolute Gasteiger partial charge is 0.322 e. The Morgan fingerprint density at radius 1 is 1.48 bits per heavy atom. The first-order valence-corrected chi connectivity index (χ1v) is 8.94. The highest BCUT2D eigenvalue weighted by Crippen LogP contribution is 2.31. The third-order valence-corrected chi connectivity index (χ3v) is 6.22. The molecule has 0 radical (unpaired) electrons. The second-order valence-electron chi connectivity index (χ2n) is 4.70. The van der Waals surface area contributed by atoms with Crippen molar-refractivity contribution < 1.29 is 23.1 Å². The Hall–Kier alpha value is -1.25. The molecule has 1 unspecified atom stereocenters. The molecular weight excluding hydrogens is 314 g/mol. The van der Waals surface area contributed by atoms with Gasteiger partial charge in [-0.3, -0.25) is 4.79 Å². The fourth-order valence-electron chi connectivity index (χ4n) is 2.18. The van der Waals surface area contributed by atoms with Crippen molar-refractivity contribution in [2.45, 2.75) is 17.9 Å². The van der Waals surface area contributed by atoms with Gasteiger partial charge in [0.05, 0.1) is 7.11 Å². The third kappa shape index (κ3) is 3.17. The molecule has 6 nitrogen and oxygen atoms in total. The number of benzene rings is 1. The minimum atomic E-state index is -3.91. The van der Waals surface area contributed by atoms with E-state index in [0.717, 1.165) is 9.87 Å². The van der Waals surface area contributed by atoms with Gasteiger partial charge in [0, 0.05) is 18.1 Å². The Morgan fingerprint density at radius 2 is 2.19 bits per heavy atom. The zero-order chi connectivity index (χ0) is 15.6. The van der Waals surface area contributed by atoms with Crippen LogP contribution in [0.5, 0.6) is 5.75 Å². The van der Waals surface area contributed by atoms with Crippen molar-refractivity contribution in [3.63, 3.8) is 0 Å². The molecule has 0 spiro atoms. The molecule has 8 heteroatoms. The number of nitrogens with zero attached hydrogens (tertiary/aromatic N) is 1. The summed E-state index contributed by atoms with van der Waals surface area (Å²) < 4.78 is 31.8. The van der Waals surface area contributed by atoms with E-state index in [0.29, 0.717) is 5.75 Å². The van der Waals surface area contributed by atoms with Crippen LogP contribution in [0.3, 0.4) is 0 Å². The fourth-order valence-corrected chi connectivity index (χ4v) is 5.26. The molecule has 1 saturated heterocycles. The van der Waals surface area contributed by atoms with Crippen LogP contribution in [0.1, 0.15) is 5.56 Å². The topological polar surface area (TPSA) is 83.9 Å². The molecule has 1 aliphatic heterocycles. The lowest BCUT2D eigenvalue weighted by atomic mass is 10.2. The predicted octanol–water partition coefficient (Wildman–Crippen LogP) is 1.19. The number of ether oxygens (including phenoxy) is 1. The van der Waals surface area contributed by atoms with Gasteiger partial charge in [-0.05, 0) is 24.6 Å². The molecule has 0 amide bonds. The van der Waals surface area contributed by atoms with Gasteiger partial charge >= 0.3 is 5.97 Å². The zero-order valence-corrected chi connectivity index (χ0v) is 13.4. The highest BCUT2D eigenvalue weighted by molar-refractivity contribution is 7.99. The maximum atomic E-state index is 12.8. The van der Waals surface area contributed by atoms with Crippen LogP contribution in [0.2, 0.25) is 0 Å². The first-order valence-electron chi connectivity index (χ1n) is 6.35. The number of carbonyl (C=O) groups is 1. The highest BCUT2D eigenvalue weighted by atomic mass is 32.2. The Labute approximate surface area is 128 Å². The van der Waals surface area contributed by atoms with E-state index in [4.69, 9.17) is 4.74 Å². The highest BCUT2D eigenvalue weighted by Gasteiger charge is 2.39. The van der Waals surface area contributed by atoms with E-state index in [-0.39, 0.29) is 22.9 Å². The Balaban J connectivity index is 2.50. The van der Waals surface area contributed by atoms with Crippen LogP contribution in [0, 0.1) is 6.92 Å². The number of carboxylic acid groups (broad SMARTS) is 1. The summed E-state index contributed by atoms with van der Waals surface area (Å²) in [6.45, 7) is 1.96. The van der Waals surface area contributed by atoms with E-state index in [1.54, 1.807) is 19.1 Å². The molecule has 0 bridgehead atoms. The van der Waals surface area contributed by atoms with E-state index in [2.05, 4.69) is 0 Å². The molecule has 0 saturated carbocycles. The van der Waals surface area contributed by atoms with Gasteiger partial charge in [0.15, 0.2) is 0 Å². The van der Waals surface area contributed by atoms with Crippen molar-refractivity contribution in [1.29, 1.82) is 0 Å². The van der Waals surface area contributed by atoms with Gasteiger partial charge in [0.2, 0.25) is 10.0 Å². The van der Waals surface area contributed by atoms with Crippen molar-refractivity contribution in [2.75, 3.05) is 25.2 Å². The second kappa shape index (κ2) is 6.25. The Kier molecular flexibility index (Phi) is 4.80. The summed E-state index contributed by atoms with van der Waals surface area (Å²) in [6.07, 6.45) is 0. The van der Waals surface area contributed by atoms with E-state index in [1.807, 2.05) is 0 Å². The second-order valence-corrected chi connectivity index (χ2v) is 7.71. The maximum absolute atomic E-state index is 12.8. The van der Waals surface area contributed by atoms with E-state index >= 15 is 0 Å². The van der Waals surface area contributed by atoms with Crippen LogP contribution in [-0.4, -0.2) is 55.0 Å². The first kappa shape index (κ1) is 16.1. The minimum Gasteiger partial charge on any atom is -0.495 e. The fraction of sp³-hybridized carbons (Fsp3) is 0.462. The molecule has 2 rings (SSSR count). The van der Waals surface area contributed by atoms with E-state index in [9.17, 15) is 18.3 Å². The van der Waals surface area contributed by atoms with Crippen LogP contribution in [0.15, 0.2) is 23.1 Å². The van der Waals surface area contributed by atoms with Crippen molar-refractivity contribution in [3.8, 4) is 5.75 Å². The monoisotopic (exact) mass is 331 g/mol. The number of aryl methyl sites for hydroxylation is 1. The van der Waals surface area contributed by atoms with E-state index in [1.165, 1.54) is 24.9 Å². The average Bonchev–Trinajstić information content (AvgIpc) is 2.47. The maximum Gasteiger partial charge on any atom is 0.322 e. The lowest BCUT2D eigenvalue weighted by Crippen LogP contribution is -2.50. The van der Waals surface area contributed by atoms with Crippen LogP contribution < -0.4 is 4.74 Å². The summed E-state index contributed by atoms with van der Waals surface area (Å²) >= 11 is 1.44. The Morgan fingerprint density at radius 3 is 2.81 bits per heavy atom. The van der Waals surface area contributed by atoms with Crippen LogP contribution in [0.4, 0.5) is 0 Å². The van der Waals surface area contributed by atoms with Gasteiger partial charge in [0.1, 0.15) is 16.7 Å². The molecule has 1 aromatic rings. The first-order chi connectivity index (χ1) is 9.87. The number of rotatable bonds is 4. The molecule has 0 aromatic heterocycles. The Bertz CT molecular complexity index is 644. The van der Waals surface area contributed by atoms with E-state index < -0.39 is 22.0 Å². The molecule has 1 N–H and O–H groups in total. The number of hydrogen-bond acceptors (Lipinski definition) is 5. The number of aliphatic carboxylic acids is 1. The van der Waals surface area contributed by atoms with Gasteiger partial charge in [-0.15, -0.1) is 0 Å². The molecule has 116 valence electrons. The third-order valence-electron chi connectivity index (χ3n) is 3.27. The van der Waals surface area contributed by atoms with Crippen molar-refractivity contribution >= 4 is 27.8 Å². The summed E-state index contributed by atoms with van der Waals surface area (Å²) in [5.74, 6) is -0.0693. The van der Waals surface area contributed by atoms with Gasteiger partial charge in [-0.25, -0.2) is 8.42 Å². The number of thioether (sulfide) groups is 1. The normalized spacial score (nSPS) is 20.2. The summed E-state index contributed by atoms with van der Waals surface area (Å²) in [5.41, 5.74) is 0.771. The largest absolute Gasteiger partial charge is 0.495 e. The number of methoxy groups -OCH3 is 1. The van der Waals surface area contributed by atoms with Crippen LogP contribution in [0.25, 0.3) is 0 Å². The van der Waals surface area contributed by atoms with Gasteiger partial charge in [0.25, 0.3) is 0 Å². The lowest BCUT2D eigenvalue weighted by molar-refractivity contribution is -0.140. The average molecular weight is 331 g/mol. The van der Waals surface area contributed by atoms with Gasteiger partial charge in [-0.2, -0.15) is 16.1 Å². The molecule has 1 aromatic carbocycles. The number of hydrogen-bond donors (Lipinski definition) is 1. The molecule has 1 heterocycles. The number of sulfonamides is 1. The minimum absolute atomic E-state index is 0.0168. The summed E-state index contributed by atoms with van der Waals surface area (Å²) in [6, 6.07) is 3.79. The standard InChI is InChI=1S/C13H17NO5S2/c1-9-3-4-11(19-2)12(7-9)21(17,18)14-5-6-20-8-10(14)13(15)16/h3-4,7,10H,5-6,8H2,1-2H3,(H,15,16). The molecule has 1 aliphatic rings.